The van der Waals surface area contributed by atoms with Crippen LogP contribution in [0.5, 0.6) is 0 Å². The molecule has 0 bridgehead atoms. The van der Waals surface area contributed by atoms with E-state index >= 15 is 0 Å². The van der Waals surface area contributed by atoms with Crippen LogP contribution in [0.1, 0.15) is 23.0 Å². The fourth-order valence-electron chi connectivity index (χ4n) is 2.57. The number of nitrogens with zero attached hydrogens (tertiary/aromatic N) is 2. The van der Waals surface area contributed by atoms with Gasteiger partial charge in [0.1, 0.15) is 5.82 Å². The summed E-state index contributed by atoms with van der Waals surface area (Å²) in [7, 11) is -4.40. The van der Waals surface area contributed by atoms with E-state index in [9.17, 15) is 30.8 Å². The normalized spacial score (nSPS) is 11.9. The van der Waals surface area contributed by atoms with Gasteiger partial charge in [-0.2, -0.15) is 18.3 Å². The molecule has 164 valence electrons. The maximum atomic E-state index is 13.4. The SMILES string of the molecule is CCOC(=O)c1ccn(-c2ccc(NS(=O)(=O)c3ccc(F)c(C(F)(F)F)c3)cc2)n1. The van der Waals surface area contributed by atoms with Gasteiger partial charge < -0.3 is 4.74 Å². The van der Waals surface area contributed by atoms with Crippen LogP contribution < -0.4 is 4.72 Å². The molecule has 0 saturated heterocycles. The first-order valence-corrected chi connectivity index (χ1v) is 10.2. The molecular formula is C19H15F4N3O4S. The van der Waals surface area contributed by atoms with Crippen LogP contribution in [0.3, 0.4) is 0 Å². The third-order valence-corrected chi connectivity index (χ3v) is 5.39. The highest BCUT2D eigenvalue weighted by Gasteiger charge is 2.35. The summed E-state index contributed by atoms with van der Waals surface area (Å²) in [5, 5.41) is 4.05. The summed E-state index contributed by atoms with van der Waals surface area (Å²) in [5.74, 6) is -2.17. The fourth-order valence-corrected chi connectivity index (χ4v) is 3.65. The summed E-state index contributed by atoms with van der Waals surface area (Å²) in [5.41, 5.74) is -1.05. The van der Waals surface area contributed by atoms with Gasteiger partial charge in [-0.1, -0.05) is 0 Å². The number of hydrogen-bond donors (Lipinski definition) is 1. The molecule has 0 aliphatic rings. The Bertz CT molecular complexity index is 1210. The molecule has 3 aromatic rings. The standard InChI is InChI=1S/C19H15F4N3O4S/c1-2-30-18(27)17-9-10-26(24-17)13-5-3-12(4-6-13)25-31(28,29)14-7-8-16(20)15(11-14)19(21,22)23/h3-11,25H,2H2,1H3. The second kappa shape index (κ2) is 8.38. The van der Waals surface area contributed by atoms with Crippen molar-refractivity contribution in [2.24, 2.45) is 0 Å². The Morgan fingerprint density at radius 3 is 2.42 bits per heavy atom. The van der Waals surface area contributed by atoms with E-state index in [2.05, 4.69) is 9.82 Å². The molecule has 0 atom stereocenters. The molecule has 1 aromatic heterocycles. The molecule has 0 aliphatic heterocycles. The van der Waals surface area contributed by atoms with Gasteiger partial charge in [-0.3, -0.25) is 4.72 Å². The van der Waals surface area contributed by atoms with Crippen LogP contribution in [0.2, 0.25) is 0 Å². The number of anilines is 1. The molecule has 31 heavy (non-hydrogen) atoms. The van der Waals surface area contributed by atoms with Crippen molar-refractivity contribution in [2.75, 3.05) is 11.3 Å². The second-order valence-electron chi connectivity index (χ2n) is 6.16. The number of nitrogens with one attached hydrogen (secondary N) is 1. The summed E-state index contributed by atoms with van der Waals surface area (Å²) in [4.78, 5) is 10.9. The average Bonchev–Trinajstić information content (AvgIpc) is 3.18. The predicted octanol–water partition coefficient (Wildman–Crippen LogP) is 4.01. The van der Waals surface area contributed by atoms with Crippen molar-refractivity contribution in [2.45, 2.75) is 18.0 Å². The van der Waals surface area contributed by atoms with Gasteiger partial charge in [0.15, 0.2) is 5.69 Å². The minimum absolute atomic E-state index is 0.0550. The zero-order chi connectivity index (χ0) is 22.8. The number of alkyl halides is 3. The molecule has 3 rings (SSSR count). The largest absolute Gasteiger partial charge is 0.461 e. The number of sulfonamides is 1. The van der Waals surface area contributed by atoms with E-state index in [1.165, 1.54) is 41.2 Å². The number of carbonyl (C=O) groups is 1. The lowest BCUT2D eigenvalue weighted by Crippen LogP contribution is -2.15. The summed E-state index contributed by atoms with van der Waals surface area (Å²) >= 11 is 0. The topological polar surface area (TPSA) is 90.3 Å². The van der Waals surface area contributed by atoms with Crippen LogP contribution in [-0.2, 0) is 20.9 Å². The third-order valence-electron chi connectivity index (χ3n) is 4.01. The summed E-state index contributed by atoms with van der Waals surface area (Å²) in [6.45, 7) is 1.85. The molecule has 0 aliphatic carbocycles. The minimum atomic E-state index is -5.04. The lowest BCUT2D eigenvalue weighted by Gasteiger charge is -2.12. The van der Waals surface area contributed by atoms with Crippen molar-refractivity contribution in [3.8, 4) is 5.69 Å². The average molecular weight is 457 g/mol. The van der Waals surface area contributed by atoms with Gasteiger partial charge in [0.05, 0.1) is 22.8 Å². The number of rotatable bonds is 6. The molecule has 0 radical (unpaired) electrons. The van der Waals surface area contributed by atoms with Gasteiger partial charge in [0.25, 0.3) is 10.0 Å². The van der Waals surface area contributed by atoms with Crippen LogP contribution in [-0.4, -0.2) is 30.8 Å². The van der Waals surface area contributed by atoms with Crippen LogP contribution >= 0.6 is 0 Å². The number of halogens is 4. The molecule has 1 heterocycles. The van der Waals surface area contributed by atoms with Crippen LogP contribution in [0.25, 0.3) is 5.69 Å². The van der Waals surface area contributed by atoms with Gasteiger partial charge in [0.2, 0.25) is 0 Å². The van der Waals surface area contributed by atoms with Crippen molar-refractivity contribution >= 4 is 21.7 Å². The summed E-state index contributed by atoms with van der Waals surface area (Å²) < 4.78 is 85.1. The van der Waals surface area contributed by atoms with Gasteiger partial charge in [-0.15, -0.1) is 0 Å². The first-order chi connectivity index (χ1) is 14.5. The number of hydrogen-bond acceptors (Lipinski definition) is 5. The van der Waals surface area contributed by atoms with E-state index in [-0.39, 0.29) is 24.1 Å². The van der Waals surface area contributed by atoms with E-state index in [1.807, 2.05) is 0 Å². The van der Waals surface area contributed by atoms with Gasteiger partial charge in [-0.25, -0.2) is 22.3 Å². The van der Waals surface area contributed by atoms with E-state index in [0.717, 1.165) is 6.07 Å². The molecule has 12 heteroatoms. The van der Waals surface area contributed by atoms with E-state index in [0.29, 0.717) is 11.8 Å². The Labute approximate surface area is 174 Å². The zero-order valence-corrected chi connectivity index (χ0v) is 16.7. The zero-order valence-electron chi connectivity index (χ0n) is 15.9. The Balaban J connectivity index is 1.80. The first kappa shape index (κ1) is 22.3. The fraction of sp³-hybridized carbons (Fsp3) is 0.158. The van der Waals surface area contributed by atoms with Crippen molar-refractivity contribution in [1.29, 1.82) is 0 Å². The van der Waals surface area contributed by atoms with E-state index in [1.54, 1.807) is 6.92 Å². The Morgan fingerprint density at radius 1 is 1.13 bits per heavy atom. The highest BCUT2D eigenvalue weighted by Crippen LogP contribution is 2.33. The number of aromatic nitrogens is 2. The van der Waals surface area contributed by atoms with E-state index in [4.69, 9.17) is 4.74 Å². The van der Waals surface area contributed by atoms with Gasteiger partial charge >= 0.3 is 12.1 Å². The lowest BCUT2D eigenvalue weighted by molar-refractivity contribution is -0.140. The quantitative estimate of drug-likeness (QED) is 0.446. The molecule has 0 amide bonds. The summed E-state index contributed by atoms with van der Waals surface area (Å²) in [6.07, 6.45) is -3.54. The number of esters is 1. The smallest absolute Gasteiger partial charge is 0.419 e. The van der Waals surface area contributed by atoms with Crippen molar-refractivity contribution < 1.29 is 35.5 Å². The number of carbonyl (C=O) groups excluding carboxylic acids is 1. The number of ether oxygens (including phenoxy) is 1. The number of benzene rings is 2. The molecule has 7 nitrogen and oxygen atoms in total. The van der Waals surface area contributed by atoms with Crippen molar-refractivity contribution in [1.82, 2.24) is 9.78 Å². The molecular weight excluding hydrogens is 442 g/mol. The second-order valence-corrected chi connectivity index (χ2v) is 7.84. The molecule has 1 N–H and O–H groups in total. The molecule has 0 unspecified atom stereocenters. The maximum absolute atomic E-state index is 13.4. The predicted molar refractivity (Wildman–Crippen MR) is 102 cm³/mol. The summed E-state index contributed by atoms with van der Waals surface area (Å²) in [6, 6.07) is 8.52. The highest BCUT2D eigenvalue weighted by atomic mass is 32.2. The van der Waals surface area contributed by atoms with E-state index < -0.39 is 38.4 Å². The van der Waals surface area contributed by atoms with Crippen molar-refractivity contribution in [3.05, 3.63) is 71.8 Å². The van der Waals surface area contributed by atoms with Crippen molar-refractivity contribution in [3.63, 3.8) is 0 Å². The lowest BCUT2D eigenvalue weighted by atomic mass is 10.2. The monoisotopic (exact) mass is 457 g/mol. The molecule has 0 saturated carbocycles. The minimum Gasteiger partial charge on any atom is -0.461 e. The van der Waals surface area contributed by atoms with Crippen LogP contribution in [0.4, 0.5) is 23.2 Å². The molecule has 2 aromatic carbocycles. The van der Waals surface area contributed by atoms with Gasteiger partial charge in [0, 0.05) is 11.9 Å². The Morgan fingerprint density at radius 2 is 1.81 bits per heavy atom. The van der Waals surface area contributed by atoms with Crippen LogP contribution in [0.15, 0.2) is 59.6 Å². The maximum Gasteiger partial charge on any atom is 0.419 e. The third kappa shape index (κ3) is 5.02. The highest BCUT2D eigenvalue weighted by molar-refractivity contribution is 7.92. The Hall–Kier alpha value is -3.41. The van der Waals surface area contributed by atoms with Crippen LogP contribution in [0, 0.1) is 5.82 Å². The first-order valence-electron chi connectivity index (χ1n) is 8.74. The Kier molecular flexibility index (Phi) is 6.02. The molecule has 0 spiro atoms. The molecule has 0 fully saturated rings. The van der Waals surface area contributed by atoms with Gasteiger partial charge in [-0.05, 0) is 55.5 Å².